The Kier molecular flexibility index (Phi) is 3.75. The van der Waals surface area contributed by atoms with Crippen molar-refractivity contribution in [3.8, 4) is 0 Å². The minimum atomic E-state index is -3.51. The third-order valence-electron chi connectivity index (χ3n) is 2.66. The van der Waals surface area contributed by atoms with Crippen molar-refractivity contribution in [3.63, 3.8) is 0 Å². The molecule has 0 aliphatic carbocycles. The average molecular weight is 405 g/mol. The van der Waals surface area contributed by atoms with Gasteiger partial charge in [0.05, 0.1) is 13.2 Å². The Morgan fingerprint density at radius 2 is 2.18 bits per heavy atom. The molecular weight excluding hydrogens is 394 g/mol. The summed E-state index contributed by atoms with van der Waals surface area (Å²) in [6, 6.07) is 1.58. The van der Waals surface area contributed by atoms with Crippen molar-refractivity contribution in [3.05, 3.63) is 13.6 Å². The van der Waals surface area contributed by atoms with Crippen LogP contribution in [0.3, 0.4) is 0 Å². The van der Waals surface area contributed by atoms with Crippen LogP contribution in [0.15, 0.2) is 18.5 Å². The van der Waals surface area contributed by atoms with Crippen LogP contribution in [0.2, 0.25) is 0 Å². The minimum absolute atomic E-state index is 0.148. The first-order valence-electron chi connectivity index (χ1n) is 4.90. The molecule has 1 fully saturated rings. The van der Waals surface area contributed by atoms with Gasteiger partial charge in [-0.25, -0.2) is 8.42 Å². The molecule has 96 valence electrons. The number of nitrogens with zero attached hydrogens (tertiary/aromatic N) is 1. The van der Waals surface area contributed by atoms with Crippen molar-refractivity contribution < 1.29 is 13.5 Å². The van der Waals surface area contributed by atoms with Gasteiger partial charge in [-0.2, -0.15) is 4.31 Å². The SMILES string of the molecule is CC1(O)CCN(S(=O)(=O)c2cc(Br)sc2Br)C1. The molecule has 17 heavy (non-hydrogen) atoms. The van der Waals surface area contributed by atoms with Gasteiger partial charge in [0.2, 0.25) is 10.0 Å². The van der Waals surface area contributed by atoms with E-state index < -0.39 is 15.6 Å². The summed E-state index contributed by atoms with van der Waals surface area (Å²) in [6.45, 7) is 2.16. The van der Waals surface area contributed by atoms with Crippen LogP contribution in [0.1, 0.15) is 13.3 Å². The number of hydrogen-bond donors (Lipinski definition) is 1. The number of aliphatic hydroxyl groups is 1. The smallest absolute Gasteiger partial charge is 0.245 e. The molecule has 1 aliphatic heterocycles. The molecule has 4 nitrogen and oxygen atoms in total. The third kappa shape index (κ3) is 2.76. The topological polar surface area (TPSA) is 57.6 Å². The first kappa shape index (κ1) is 14.0. The maximum Gasteiger partial charge on any atom is 0.245 e. The monoisotopic (exact) mass is 403 g/mol. The van der Waals surface area contributed by atoms with E-state index in [0.29, 0.717) is 16.8 Å². The van der Waals surface area contributed by atoms with E-state index in [0.717, 1.165) is 3.79 Å². The van der Waals surface area contributed by atoms with Gasteiger partial charge in [0.15, 0.2) is 0 Å². The Morgan fingerprint density at radius 1 is 1.53 bits per heavy atom. The number of halogens is 2. The van der Waals surface area contributed by atoms with E-state index in [-0.39, 0.29) is 11.4 Å². The van der Waals surface area contributed by atoms with Crippen molar-refractivity contribution in [2.45, 2.75) is 23.8 Å². The van der Waals surface area contributed by atoms with Gasteiger partial charge in [-0.05, 0) is 51.3 Å². The first-order chi connectivity index (χ1) is 7.72. The van der Waals surface area contributed by atoms with Gasteiger partial charge in [-0.3, -0.25) is 0 Å². The summed E-state index contributed by atoms with van der Waals surface area (Å²) in [7, 11) is -3.51. The highest BCUT2D eigenvalue weighted by molar-refractivity contribution is 9.12. The molecule has 1 saturated heterocycles. The molecule has 1 aliphatic rings. The molecule has 0 aromatic carbocycles. The van der Waals surface area contributed by atoms with Crippen LogP contribution in [0.5, 0.6) is 0 Å². The van der Waals surface area contributed by atoms with E-state index in [4.69, 9.17) is 0 Å². The van der Waals surface area contributed by atoms with Crippen LogP contribution in [-0.4, -0.2) is 36.5 Å². The van der Waals surface area contributed by atoms with E-state index in [1.807, 2.05) is 0 Å². The molecule has 0 bridgehead atoms. The molecule has 0 saturated carbocycles. The lowest BCUT2D eigenvalue weighted by atomic mass is 10.1. The van der Waals surface area contributed by atoms with Crippen LogP contribution >= 0.6 is 43.2 Å². The lowest BCUT2D eigenvalue weighted by molar-refractivity contribution is 0.0762. The van der Waals surface area contributed by atoms with E-state index in [1.54, 1.807) is 13.0 Å². The molecule has 2 rings (SSSR count). The fourth-order valence-electron chi connectivity index (χ4n) is 1.75. The van der Waals surface area contributed by atoms with Crippen LogP contribution in [0.4, 0.5) is 0 Å². The van der Waals surface area contributed by atoms with Gasteiger partial charge < -0.3 is 5.11 Å². The summed E-state index contributed by atoms with van der Waals surface area (Å²) in [5, 5.41) is 9.83. The standard InChI is InChI=1S/C9H11Br2NO3S2/c1-9(13)2-3-12(5-9)17(14,15)6-4-7(10)16-8(6)11/h4,13H,2-3,5H2,1H3. The predicted octanol–water partition coefficient (Wildman–Crippen LogP) is 2.42. The Bertz CT molecular complexity index is 538. The van der Waals surface area contributed by atoms with E-state index in [1.165, 1.54) is 15.6 Å². The summed E-state index contributed by atoms with van der Waals surface area (Å²) < 4.78 is 27.3. The lowest BCUT2D eigenvalue weighted by Gasteiger charge is -2.18. The molecule has 1 aromatic heterocycles. The lowest BCUT2D eigenvalue weighted by Crippen LogP contribution is -2.33. The summed E-state index contributed by atoms with van der Waals surface area (Å²) >= 11 is 7.83. The Labute approximate surface area is 121 Å². The van der Waals surface area contributed by atoms with Gasteiger partial charge in [-0.1, -0.05) is 0 Å². The number of thiophene rings is 1. The second-order valence-corrected chi connectivity index (χ2v) is 9.93. The number of hydrogen-bond acceptors (Lipinski definition) is 4. The van der Waals surface area contributed by atoms with Crippen molar-refractivity contribution in [2.75, 3.05) is 13.1 Å². The van der Waals surface area contributed by atoms with E-state index in [2.05, 4.69) is 31.9 Å². The highest BCUT2D eigenvalue weighted by atomic mass is 79.9. The highest BCUT2D eigenvalue weighted by Crippen LogP contribution is 2.37. The zero-order valence-corrected chi connectivity index (χ0v) is 13.8. The summed E-state index contributed by atoms with van der Waals surface area (Å²) in [5.74, 6) is 0. The molecule has 0 spiro atoms. The Balaban J connectivity index is 2.35. The molecule has 1 atom stereocenters. The molecule has 1 aromatic rings. The molecular formula is C9H11Br2NO3S2. The summed E-state index contributed by atoms with van der Waals surface area (Å²) in [4.78, 5) is 0.257. The van der Waals surface area contributed by atoms with Crippen molar-refractivity contribution in [2.24, 2.45) is 0 Å². The van der Waals surface area contributed by atoms with Crippen molar-refractivity contribution in [1.29, 1.82) is 0 Å². The largest absolute Gasteiger partial charge is 0.389 e. The minimum Gasteiger partial charge on any atom is -0.389 e. The average Bonchev–Trinajstić information content (AvgIpc) is 2.69. The second-order valence-electron chi connectivity index (χ2n) is 4.27. The normalized spacial score (nSPS) is 26.6. The molecule has 1 N–H and O–H groups in total. The summed E-state index contributed by atoms with van der Waals surface area (Å²) in [6.07, 6.45) is 0.467. The highest BCUT2D eigenvalue weighted by Gasteiger charge is 2.39. The maximum atomic E-state index is 12.3. The van der Waals surface area contributed by atoms with Crippen LogP contribution in [0.25, 0.3) is 0 Å². The van der Waals surface area contributed by atoms with E-state index >= 15 is 0 Å². The van der Waals surface area contributed by atoms with Gasteiger partial charge in [0.1, 0.15) is 4.90 Å². The Hall–Kier alpha value is 0.530. The molecule has 2 heterocycles. The number of sulfonamides is 1. The van der Waals surface area contributed by atoms with Gasteiger partial charge in [0.25, 0.3) is 0 Å². The Morgan fingerprint density at radius 3 is 2.59 bits per heavy atom. The molecule has 8 heteroatoms. The zero-order chi connectivity index (χ0) is 12.8. The van der Waals surface area contributed by atoms with Crippen LogP contribution < -0.4 is 0 Å². The van der Waals surface area contributed by atoms with Gasteiger partial charge >= 0.3 is 0 Å². The third-order valence-corrected chi connectivity index (χ3v) is 7.26. The maximum absolute atomic E-state index is 12.3. The van der Waals surface area contributed by atoms with E-state index in [9.17, 15) is 13.5 Å². The fourth-order valence-corrected chi connectivity index (χ4v) is 7.07. The van der Waals surface area contributed by atoms with Gasteiger partial charge in [-0.15, -0.1) is 11.3 Å². The van der Waals surface area contributed by atoms with Crippen LogP contribution in [0, 0.1) is 0 Å². The fraction of sp³-hybridized carbons (Fsp3) is 0.556. The summed E-state index contributed by atoms with van der Waals surface area (Å²) in [5.41, 5.74) is -0.924. The number of rotatable bonds is 2. The molecule has 0 amide bonds. The second kappa shape index (κ2) is 4.57. The molecule has 0 radical (unpaired) electrons. The first-order valence-corrected chi connectivity index (χ1v) is 8.74. The van der Waals surface area contributed by atoms with Crippen LogP contribution in [-0.2, 0) is 10.0 Å². The van der Waals surface area contributed by atoms with Crippen molar-refractivity contribution in [1.82, 2.24) is 4.31 Å². The van der Waals surface area contributed by atoms with Gasteiger partial charge in [0, 0.05) is 13.1 Å². The predicted molar refractivity (Wildman–Crippen MR) is 73.7 cm³/mol. The molecule has 1 unspecified atom stereocenters. The van der Waals surface area contributed by atoms with Crippen molar-refractivity contribution >= 4 is 53.2 Å². The quantitative estimate of drug-likeness (QED) is 0.823. The number of β-amino-alcohol motifs (C(OH)–C–C–N with tert-alkyl or cyclic N) is 1. The zero-order valence-electron chi connectivity index (χ0n) is 8.98.